The smallest absolute Gasteiger partial charge is 0.268 e. The maximum atomic E-state index is 12.1. The molecule has 1 amide bonds. The molecule has 5 heteroatoms. The molecule has 0 atom stereocenters. The van der Waals surface area contributed by atoms with E-state index in [2.05, 4.69) is 17.2 Å². The first kappa shape index (κ1) is 15.4. The van der Waals surface area contributed by atoms with Crippen LogP contribution in [0.4, 0.5) is 0 Å². The van der Waals surface area contributed by atoms with Gasteiger partial charge in [-0.15, -0.1) is 11.3 Å². The highest BCUT2D eigenvalue weighted by Gasteiger charge is 2.10. The van der Waals surface area contributed by atoms with Gasteiger partial charge < -0.3 is 15.0 Å². The van der Waals surface area contributed by atoms with Crippen LogP contribution in [0.15, 0.2) is 23.6 Å². The first-order chi connectivity index (χ1) is 10.1. The molecule has 0 spiro atoms. The van der Waals surface area contributed by atoms with E-state index in [0.717, 1.165) is 16.1 Å². The summed E-state index contributed by atoms with van der Waals surface area (Å²) >= 11 is 1.57. The zero-order valence-corrected chi connectivity index (χ0v) is 13.0. The van der Waals surface area contributed by atoms with Gasteiger partial charge in [-0.3, -0.25) is 4.79 Å². The maximum Gasteiger partial charge on any atom is 0.268 e. The largest absolute Gasteiger partial charge is 0.395 e. The Hall–Kier alpha value is -2.03. The van der Waals surface area contributed by atoms with E-state index in [1.54, 1.807) is 11.3 Å². The van der Waals surface area contributed by atoms with Gasteiger partial charge in [0.25, 0.3) is 5.91 Å². The summed E-state index contributed by atoms with van der Waals surface area (Å²) in [5, 5.41) is 13.5. The minimum Gasteiger partial charge on any atom is -0.395 e. The fraction of sp³-hybridized carbons (Fsp3) is 0.312. The van der Waals surface area contributed by atoms with E-state index < -0.39 is 0 Å². The zero-order valence-electron chi connectivity index (χ0n) is 12.1. The first-order valence-corrected chi connectivity index (χ1v) is 7.57. The van der Waals surface area contributed by atoms with Crippen molar-refractivity contribution >= 4 is 17.2 Å². The molecule has 110 valence electrons. The summed E-state index contributed by atoms with van der Waals surface area (Å²) in [4.78, 5) is 13.1. The van der Waals surface area contributed by atoms with Gasteiger partial charge in [0.2, 0.25) is 0 Å². The van der Waals surface area contributed by atoms with E-state index in [1.165, 1.54) is 0 Å². The topological polar surface area (TPSA) is 54.3 Å². The van der Waals surface area contributed by atoms with Crippen LogP contribution < -0.4 is 5.32 Å². The highest BCUT2D eigenvalue weighted by molar-refractivity contribution is 7.10. The van der Waals surface area contributed by atoms with E-state index in [-0.39, 0.29) is 12.5 Å². The molecule has 0 aromatic carbocycles. The molecule has 2 rings (SSSR count). The normalized spacial score (nSPS) is 10.0. The van der Waals surface area contributed by atoms with Gasteiger partial charge in [-0.1, -0.05) is 11.8 Å². The minimum atomic E-state index is -0.0769. The van der Waals surface area contributed by atoms with Gasteiger partial charge in [0.05, 0.1) is 13.2 Å². The van der Waals surface area contributed by atoms with Crippen LogP contribution in [0, 0.1) is 18.8 Å². The van der Waals surface area contributed by atoms with Crippen molar-refractivity contribution in [2.75, 3.05) is 6.61 Å². The van der Waals surface area contributed by atoms with E-state index in [1.807, 2.05) is 42.1 Å². The molecule has 2 aromatic rings. The molecule has 2 N–H and O–H groups in total. The predicted molar refractivity (Wildman–Crippen MR) is 84.2 cm³/mol. The van der Waals surface area contributed by atoms with Crippen LogP contribution in [0.2, 0.25) is 0 Å². The van der Waals surface area contributed by atoms with Gasteiger partial charge in [0.15, 0.2) is 0 Å². The number of nitrogens with zero attached hydrogens (tertiary/aromatic N) is 1. The Morgan fingerprint density at radius 3 is 2.95 bits per heavy atom. The number of aromatic nitrogens is 1. The lowest BCUT2D eigenvalue weighted by molar-refractivity contribution is 0.0943. The van der Waals surface area contributed by atoms with E-state index >= 15 is 0 Å². The van der Waals surface area contributed by atoms with Gasteiger partial charge in [-0.25, -0.2) is 0 Å². The third kappa shape index (κ3) is 3.97. The molecule has 0 saturated heterocycles. The number of hydrogen-bond acceptors (Lipinski definition) is 3. The monoisotopic (exact) mass is 302 g/mol. The summed E-state index contributed by atoms with van der Waals surface area (Å²) < 4.78 is 1.87. The number of aliphatic hydroxyl groups excluding tert-OH is 1. The van der Waals surface area contributed by atoms with Crippen molar-refractivity contribution in [3.8, 4) is 11.8 Å². The molecule has 0 unspecified atom stereocenters. The van der Waals surface area contributed by atoms with E-state index in [0.29, 0.717) is 18.7 Å². The number of hydrogen-bond donors (Lipinski definition) is 2. The standard InChI is InChI=1S/C16H18N2O2S/c1-12-6-7-15(18(12)2)16(20)17-10-14-9-13(11-21-14)5-3-4-8-19/h6-7,9,11,19H,4,8,10H2,1-2H3,(H,17,20). The molecular weight excluding hydrogens is 284 g/mol. The van der Waals surface area contributed by atoms with Crippen molar-refractivity contribution in [1.82, 2.24) is 9.88 Å². The van der Waals surface area contributed by atoms with Crippen molar-refractivity contribution in [2.45, 2.75) is 19.9 Å². The number of rotatable bonds is 4. The number of aryl methyl sites for hydroxylation is 1. The third-order valence-corrected chi connectivity index (χ3v) is 4.09. The van der Waals surface area contributed by atoms with Crippen LogP contribution >= 0.6 is 11.3 Å². The average molecular weight is 302 g/mol. The maximum absolute atomic E-state index is 12.1. The van der Waals surface area contributed by atoms with Gasteiger partial charge in [0, 0.05) is 35.0 Å². The quantitative estimate of drug-likeness (QED) is 0.849. The second-order valence-corrected chi connectivity index (χ2v) is 5.67. The SMILES string of the molecule is Cc1ccc(C(=O)NCc2cc(C#CCCO)cs2)n1C. The molecular formula is C16H18N2O2S. The fourth-order valence-electron chi connectivity index (χ4n) is 1.86. The van der Waals surface area contributed by atoms with Crippen molar-refractivity contribution in [1.29, 1.82) is 0 Å². The van der Waals surface area contributed by atoms with Gasteiger partial charge >= 0.3 is 0 Å². The van der Waals surface area contributed by atoms with Crippen LogP contribution in [0.1, 0.15) is 33.0 Å². The Kier molecular flexibility index (Phi) is 5.20. The molecule has 4 nitrogen and oxygen atoms in total. The Bertz CT molecular complexity index is 689. The fourth-order valence-corrected chi connectivity index (χ4v) is 2.61. The molecule has 0 bridgehead atoms. The van der Waals surface area contributed by atoms with Crippen LogP contribution in [-0.4, -0.2) is 22.2 Å². The number of carbonyl (C=O) groups is 1. The zero-order chi connectivity index (χ0) is 15.2. The van der Waals surface area contributed by atoms with Crippen LogP contribution in [0.3, 0.4) is 0 Å². The number of thiophene rings is 1. The summed E-state index contributed by atoms with van der Waals surface area (Å²) in [5.74, 6) is 5.79. The van der Waals surface area contributed by atoms with E-state index in [4.69, 9.17) is 5.11 Å². The summed E-state index contributed by atoms with van der Waals surface area (Å²) in [6, 6.07) is 5.71. The molecule has 0 aliphatic heterocycles. The molecule has 0 aliphatic rings. The van der Waals surface area contributed by atoms with Crippen molar-refractivity contribution < 1.29 is 9.90 Å². The number of carbonyl (C=O) groups excluding carboxylic acids is 1. The lowest BCUT2D eigenvalue weighted by Gasteiger charge is -2.05. The molecule has 0 fully saturated rings. The van der Waals surface area contributed by atoms with Crippen LogP contribution in [0.5, 0.6) is 0 Å². The van der Waals surface area contributed by atoms with Gasteiger partial charge in [-0.2, -0.15) is 0 Å². The average Bonchev–Trinajstić information content (AvgIpc) is 3.05. The third-order valence-electron chi connectivity index (χ3n) is 3.15. The summed E-state index contributed by atoms with van der Waals surface area (Å²) in [6.07, 6.45) is 0.481. The summed E-state index contributed by atoms with van der Waals surface area (Å²) in [6.45, 7) is 2.54. The van der Waals surface area contributed by atoms with Gasteiger partial charge in [-0.05, 0) is 25.1 Å². The predicted octanol–water partition coefficient (Wildman–Crippen LogP) is 2.06. The van der Waals surface area contributed by atoms with Crippen molar-refractivity contribution in [2.24, 2.45) is 7.05 Å². The molecule has 0 radical (unpaired) electrons. The summed E-state index contributed by atoms with van der Waals surface area (Å²) in [5.41, 5.74) is 2.64. The highest BCUT2D eigenvalue weighted by atomic mass is 32.1. The number of nitrogens with one attached hydrogen (secondary N) is 1. The number of amides is 1. The second-order valence-electron chi connectivity index (χ2n) is 4.68. The minimum absolute atomic E-state index is 0.0769. The molecule has 2 heterocycles. The van der Waals surface area contributed by atoms with Crippen LogP contribution in [-0.2, 0) is 13.6 Å². The lowest BCUT2D eigenvalue weighted by atomic mass is 10.3. The van der Waals surface area contributed by atoms with Crippen molar-refractivity contribution in [3.05, 3.63) is 45.4 Å². The molecule has 0 aliphatic carbocycles. The van der Waals surface area contributed by atoms with Gasteiger partial charge in [0.1, 0.15) is 5.69 Å². The lowest BCUT2D eigenvalue weighted by Crippen LogP contribution is -2.24. The Balaban J connectivity index is 1.93. The summed E-state index contributed by atoms with van der Waals surface area (Å²) in [7, 11) is 1.88. The first-order valence-electron chi connectivity index (χ1n) is 6.69. The Morgan fingerprint density at radius 1 is 1.48 bits per heavy atom. The Labute approximate surface area is 128 Å². The molecule has 0 saturated carbocycles. The highest BCUT2D eigenvalue weighted by Crippen LogP contribution is 2.14. The molecule has 21 heavy (non-hydrogen) atoms. The molecule has 2 aromatic heterocycles. The number of aliphatic hydroxyl groups is 1. The van der Waals surface area contributed by atoms with Crippen LogP contribution in [0.25, 0.3) is 0 Å². The second kappa shape index (κ2) is 7.11. The van der Waals surface area contributed by atoms with Crippen molar-refractivity contribution in [3.63, 3.8) is 0 Å². The van der Waals surface area contributed by atoms with E-state index in [9.17, 15) is 4.79 Å². The Morgan fingerprint density at radius 2 is 2.29 bits per heavy atom.